The van der Waals surface area contributed by atoms with E-state index in [1.54, 1.807) is 28.2 Å². The molecule has 110 valence electrons. The van der Waals surface area contributed by atoms with E-state index in [1.165, 1.54) is 21.4 Å². The van der Waals surface area contributed by atoms with Crippen LogP contribution in [0.5, 0.6) is 0 Å². The normalized spacial score (nSPS) is 16.1. The van der Waals surface area contributed by atoms with Crippen LogP contribution < -0.4 is 10.7 Å². The summed E-state index contributed by atoms with van der Waals surface area (Å²) in [6, 6.07) is -0.372. The van der Waals surface area contributed by atoms with Crippen LogP contribution in [0.3, 0.4) is 0 Å². The van der Waals surface area contributed by atoms with Gasteiger partial charge in [0.25, 0.3) is 0 Å². The predicted molar refractivity (Wildman–Crippen MR) is 73.1 cm³/mol. The maximum Gasteiger partial charge on any atom is 0.350 e. The van der Waals surface area contributed by atoms with Crippen LogP contribution in [0.4, 0.5) is 9.59 Å². The van der Waals surface area contributed by atoms with E-state index in [-0.39, 0.29) is 18.1 Å². The summed E-state index contributed by atoms with van der Waals surface area (Å²) in [5, 5.41) is 7.03. The van der Waals surface area contributed by atoms with Crippen molar-refractivity contribution >= 4 is 12.1 Å². The van der Waals surface area contributed by atoms with E-state index >= 15 is 0 Å². The first-order chi connectivity index (χ1) is 8.91. The molecule has 0 heterocycles. The maximum absolute atomic E-state index is 12.0. The zero-order chi connectivity index (χ0) is 14.4. The van der Waals surface area contributed by atoms with Crippen molar-refractivity contribution in [1.82, 2.24) is 25.8 Å². The van der Waals surface area contributed by atoms with Crippen LogP contribution in [0, 0.1) is 0 Å². The Hall–Kier alpha value is -1.50. The summed E-state index contributed by atoms with van der Waals surface area (Å²) in [7, 11) is 6.56. The molecule has 0 aromatic rings. The summed E-state index contributed by atoms with van der Waals surface area (Å²) in [6.45, 7) is 0. The third kappa shape index (κ3) is 4.94. The van der Waals surface area contributed by atoms with Gasteiger partial charge in [0, 0.05) is 34.2 Å². The zero-order valence-corrected chi connectivity index (χ0v) is 12.3. The third-order valence-electron chi connectivity index (χ3n) is 3.29. The van der Waals surface area contributed by atoms with Crippen molar-refractivity contribution in [3.63, 3.8) is 0 Å². The molecule has 0 bridgehead atoms. The minimum absolute atomic E-state index is 0.231. The number of hydrogen-bond acceptors (Lipinski definition) is 3. The van der Waals surface area contributed by atoms with Crippen LogP contribution in [-0.4, -0.2) is 61.3 Å². The van der Waals surface area contributed by atoms with Crippen molar-refractivity contribution in [3.8, 4) is 0 Å². The van der Waals surface area contributed by atoms with Gasteiger partial charge in [-0.3, -0.25) is 5.43 Å². The highest BCUT2D eigenvalue weighted by Gasteiger charge is 2.22. The Kier molecular flexibility index (Phi) is 5.88. The van der Waals surface area contributed by atoms with E-state index in [0.29, 0.717) is 0 Å². The number of carbonyl (C=O) groups excluding carboxylic acids is 2. The van der Waals surface area contributed by atoms with Gasteiger partial charge >= 0.3 is 12.1 Å². The summed E-state index contributed by atoms with van der Waals surface area (Å²) in [6.07, 6.45) is 5.60. The van der Waals surface area contributed by atoms with E-state index < -0.39 is 0 Å². The summed E-state index contributed by atoms with van der Waals surface area (Å²) >= 11 is 0. The van der Waals surface area contributed by atoms with Crippen molar-refractivity contribution in [2.45, 2.75) is 38.1 Å². The van der Waals surface area contributed by atoms with Crippen LogP contribution >= 0.6 is 0 Å². The molecule has 2 N–H and O–H groups in total. The standard InChI is InChI=1S/C12H25N5O2/c1-15(2)14-12(19)17(4)16(3)11(18)13-10-8-6-5-7-9-10/h10H,5-9H2,1-4H3,(H,13,18)(H,14,19). The van der Waals surface area contributed by atoms with Gasteiger partial charge in [-0.05, 0) is 12.8 Å². The molecule has 1 rings (SSSR count). The van der Waals surface area contributed by atoms with Gasteiger partial charge in [0.05, 0.1) is 0 Å². The highest BCUT2D eigenvalue weighted by Crippen LogP contribution is 2.17. The molecule has 1 fully saturated rings. The van der Waals surface area contributed by atoms with Crippen molar-refractivity contribution in [1.29, 1.82) is 0 Å². The smallest absolute Gasteiger partial charge is 0.334 e. The molecule has 0 saturated heterocycles. The van der Waals surface area contributed by atoms with E-state index in [0.717, 1.165) is 25.7 Å². The molecule has 0 aromatic heterocycles. The van der Waals surface area contributed by atoms with Crippen LogP contribution in [0.15, 0.2) is 0 Å². The fourth-order valence-corrected chi connectivity index (χ4v) is 2.05. The van der Waals surface area contributed by atoms with Crippen LogP contribution in [-0.2, 0) is 0 Å². The number of hydrazine groups is 2. The molecule has 0 unspecified atom stereocenters. The van der Waals surface area contributed by atoms with Crippen LogP contribution in [0.2, 0.25) is 0 Å². The molecule has 0 atom stereocenters. The molecule has 19 heavy (non-hydrogen) atoms. The van der Waals surface area contributed by atoms with Gasteiger partial charge in [0.15, 0.2) is 0 Å². The minimum atomic E-state index is -0.355. The first kappa shape index (κ1) is 15.6. The predicted octanol–water partition coefficient (Wildman–Crippen LogP) is 0.993. The SMILES string of the molecule is CN(C)NC(=O)N(C)N(C)C(=O)NC1CCCCC1. The van der Waals surface area contributed by atoms with E-state index in [4.69, 9.17) is 0 Å². The molecule has 4 amide bonds. The van der Waals surface area contributed by atoms with Gasteiger partial charge < -0.3 is 5.32 Å². The monoisotopic (exact) mass is 271 g/mol. The Morgan fingerprint density at radius 1 is 0.895 bits per heavy atom. The number of nitrogens with one attached hydrogen (secondary N) is 2. The second kappa shape index (κ2) is 7.18. The third-order valence-corrected chi connectivity index (χ3v) is 3.29. The fourth-order valence-electron chi connectivity index (χ4n) is 2.05. The van der Waals surface area contributed by atoms with Gasteiger partial charge in [0.2, 0.25) is 0 Å². The highest BCUT2D eigenvalue weighted by molar-refractivity contribution is 5.79. The molecule has 0 aliphatic heterocycles. The minimum Gasteiger partial charge on any atom is -0.334 e. The summed E-state index contributed by atoms with van der Waals surface area (Å²) in [4.78, 5) is 23.8. The number of hydrogen-bond donors (Lipinski definition) is 2. The first-order valence-electron chi connectivity index (χ1n) is 6.67. The van der Waals surface area contributed by atoms with Gasteiger partial charge in [0.1, 0.15) is 0 Å². The lowest BCUT2D eigenvalue weighted by Crippen LogP contribution is -2.55. The van der Waals surface area contributed by atoms with E-state index in [2.05, 4.69) is 10.7 Å². The average molecular weight is 271 g/mol. The molecule has 7 heteroatoms. The Balaban J connectivity index is 2.43. The second-order valence-electron chi connectivity index (χ2n) is 5.14. The number of urea groups is 2. The molecule has 0 radical (unpaired) electrons. The molecule has 1 aliphatic carbocycles. The largest absolute Gasteiger partial charge is 0.350 e. The van der Waals surface area contributed by atoms with Crippen molar-refractivity contribution < 1.29 is 9.59 Å². The van der Waals surface area contributed by atoms with Gasteiger partial charge in [-0.25, -0.2) is 24.6 Å². The van der Waals surface area contributed by atoms with Crippen LogP contribution in [0.25, 0.3) is 0 Å². The Morgan fingerprint density at radius 3 is 1.95 bits per heavy atom. The molecule has 7 nitrogen and oxygen atoms in total. The van der Waals surface area contributed by atoms with E-state index in [1.807, 2.05) is 0 Å². The van der Waals surface area contributed by atoms with Crippen molar-refractivity contribution in [2.24, 2.45) is 0 Å². The lowest BCUT2D eigenvalue weighted by molar-refractivity contribution is 0.0744. The molecular formula is C12H25N5O2. The van der Waals surface area contributed by atoms with Gasteiger partial charge in [-0.15, -0.1) is 0 Å². The quantitative estimate of drug-likeness (QED) is 0.736. The van der Waals surface area contributed by atoms with Crippen molar-refractivity contribution in [3.05, 3.63) is 0 Å². The Bertz CT molecular complexity index is 315. The molecule has 1 aliphatic rings. The molecule has 0 aromatic carbocycles. The zero-order valence-electron chi connectivity index (χ0n) is 12.3. The highest BCUT2D eigenvalue weighted by atomic mass is 16.2. The fraction of sp³-hybridized carbons (Fsp3) is 0.833. The van der Waals surface area contributed by atoms with Gasteiger partial charge in [-0.1, -0.05) is 19.3 Å². The average Bonchev–Trinajstić information content (AvgIpc) is 2.37. The second-order valence-corrected chi connectivity index (χ2v) is 5.14. The lowest BCUT2D eigenvalue weighted by Gasteiger charge is -2.31. The lowest BCUT2D eigenvalue weighted by atomic mass is 9.96. The Morgan fingerprint density at radius 2 is 1.42 bits per heavy atom. The number of carbonyl (C=O) groups is 2. The Labute approximate surface area is 114 Å². The summed E-state index contributed by atoms with van der Waals surface area (Å²) < 4.78 is 0. The number of amides is 4. The molecule has 0 spiro atoms. The first-order valence-corrected chi connectivity index (χ1v) is 6.67. The van der Waals surface area contributed by atoms with Crippen molar-refractivity contribution in [2.75, 3.05) is 28.2 Å². The summed E-state index contributed by atoms with van der Waals surface area (Å²) in [5.41, 5.74) is 2.58. The maximum atomic E-state index is 12.0. The number of nitrogens with zero attached hydrogens (tertiary/aromatic N) is 3. The summed E-state index contributed by atoms with van der Waals surface area (Å²) in [5.74, 6) is 0. The topological polar surface area (TPSA) is 67.9 Å². The molecular weight excluding hydrogens is 246 g/mol. The van der Waals surface area contributed by atoms with E-state index in [9.17, 15) is 9.59 Å². The number of rotatable bonds is 2. The van der Waals surface area contributed by atoms with Crippen LogP contribution in [0.1, 0.15) is 32.1 Å². The molecule has 1 saturated carbocycles. The van der Waals surface area contributed by atoms with Gasteiger partial charge in [-0.2, -0.15) is 0 Å².